The Bertz CT molecular complexity index is 604. The fourth-order valence-corrected chi connectivity index (χ4v) is 1.53. The summed E-state index contributed by atoms with van der Waals surface area (Å²) in [6, 6.07) is 16.3. The summed E-state index contributed by atoms with van der Waals surface area (Å²) < 4.78 is 0. The van der Waals surface area contributed by atoms with E-state index in [0.29, 0.717) is 11.3 Å². The molecule has 0 fully saturated rings. The van der Waals surface area contributed by atoms with Crippen LogP contribution < -0.4 is 0 Å². The molecule has 0 heterocycles. The monoisotopic (exact) mass is 233 g/mol. The van der Waals surface area contributed by atoms with Gasteiger partial charge in [-0.25, -0.2) is 4.85 Å². The quantitative estimate of drug-likeness (QED) is 0.443. The molecule has 2 aromatic rings. The van der Waals surface area contributed by atoms with Crippen molar-refractivity contribution < 1.29 is 4.79 Å². The van der Waals surface area contributed by atoms with Gasteiger partial charge in [-0.2, -0.15) is 0 Å². The van der Waals surface area contributed by atoms with Gasteiger partial charge in [-0.05, 0) is 11.6 Å². The van der Waals surface area contributed by atoms with Gasteiger partial charge < -0.3 is 0 Å². The second-order valence-electron chi connectivity index (χ2n) is 3.77. The molecule has 0 aliphatic carbocycles. The number of allylic oxidation sites excluding steroid dienone is 1. The lowest BCUT2D eigenvalue weighted by atomic mass is 10.1. The Labute approximate surface area is 106 Å². The van der Waals surface area contributed by atoms with E-state index in [-0.39, 0.29) is 5.78 Å². The van der Waals surface area contributed by atoms with Crippen LogP contribution in [0.4, 0.5) is 5.69 Å². The molecule has 18 heavy (non-hydrogen) atoms. The van der Waals surface area contributed by atoms with Crippen LogP contribution in [0.3, 0.4) is 0 Å². The summed E-state index contributed by atoms with van der Waals surface area (Å²) in [4.78, 5) is 15.1. The Morgan fingerprint density at radius 3 is 2.28 bits per heavy atom. The van der Waals surface area contributed by atoms with Gasteiger partial charge in [0.25, 0.3) is 0 Å². The van der Waals surface area contributed by atoms with Crippen molar-refractivity contribution in [2.45, 2.75) is 0 Å². The van der Waals surface area contributed by atoms with E-state index < -0.39 is 0 Å². The van der Waals surface area contributed by atoms with Gasteiger partial charge >= 0.3 is 0 Å². The lowest BCUT2D eigenvalue weighted by molar-refractivity contribution is 0.104. The molecule has 2 heteroatoms. The topological polar surface area (TPSA) is 21.4 Å². The first-order chi connectivity index (χ1) is 8.79. The zero-order valence-electron chi connectivity index (χ0n) is 9.71. The normalized spacial score (nSPS) is 10.2. The Hall–Kier alpha value is -2.66. The highest BCUT2D eigenvalue weighted by Crippen LogP contribution is 2.13. The van der Waals surface area contributed by atoms with Gasteiger partial charge in [0.1, 0.15) is 0 Å². The largest absolute Gasteiger partial charge is 0.289 e. The fraction of sp³-hybridized carbons (Fsp3) is 0. The Kier molecular flexibility index (Phi) is 3.68. The van der Waals surface area contributed by atoms with Gasteiger partial charge in [-0.1, -0.05) is 60.7 Å². The van der Waals surface area contributed by atoms with Crippen LogP contribution in [0.15, 0.2) is 60.7 Å². The van der Waals surface area contributed by atoms with Crippen molar-refractivity contribution in [3.63, 3.8) is 0 Å². The van der Waals surface area contributed by atoms with E-state index in [9.17, 15) is 4.79 Å². The molecule has 0 atom stereocenters. The third-order valence-corrected chi connectivity index (χ3v) is 2.51. The minimum Gasteiger partial charge on any atom is -0.289 e. The van der Waals surface area contributed by atoms with Crippen molar-refractivity contribution in [1.82, 2.24) is 0 Å². The second-order valence-corrected chi connectivity index (χ2v) is 3.77. The van der Waals surface area contributed by atoms with Crippen LogP contribution in [0.1, 0.15) is 15.9 Å². The molecular weight excluding hydrogens is 222 g/mol. The highest BCUT2D eigenvalue weighted by atomic mass is 16.1. The minimum atomic E-state index is -0.0598. The predicted octanol–water partition coefficient (Wildman–Crippen LogP) is 4.13. The molecule has 2 rings (SSSR count). The maximum absolute atomic E-state index is 11.9. The van der Waals surface area contributed by atoms with Crippen molar-refractivity contribution in [2.24, 2.45) is 0 Å². The molecule has 0 unspecified atom stereocenters. The first-order valence-electron chi connectivity index (χ1n) is 5.54. The molecule has 0 radical (unpaired) electrons. The predicted molar refractivity (Wildman–Crippen MR) is 72.5 cm³/mol. The van der Waals surface area contributed by atoms with Crippen LogP contribution in [-0.2, 0) is 0 Å². The minimum absolute atomic E-state index is 0.0598. The Morgan fingerprint density at radius 2 is 1.67 bits per heavy atom. The number of hydrogen-bond acceptors (Lipinski definition) is 1. The van der Waals surface area contributed by atoms with Crippen LogP contribution in [-0.4, -0.2) is 5.78 Å². The summed E-state index contributed by atoms with van der Waals surface area (Å²) in [5, 5.41) is 0. The zero-order chi connectivity index (χ0) is 12.8. The van der Waals surface area contributed by atoms with Gasteiger partial charge in [0.05, 0.1) is 6.57 Å². The van der Waals surface area contributed by atoms with Gasteiger partial charge in [0.15, 0.2) is 11.5 Å². The SMILES string of the molecule is [C-]#[N+]c1ccc(C(=O)/C=C/c2ccccc2)cc1. The molecule has 0 amide bonds. The van der Waals surface area contributed by atoms with Crippen molar-refractivity contribution in [1.29, 1.82) is 0 Å². The average molecular weight is 233 g/mol. The smallest absolute Gasteiger partial charge is 0.187 e. The second kappa shape index (κ2) is 5.60. The third-order valence-electron chi connectivity index (χ3n) is 2.51. The number of carbonyl (C=O) groups is 1. The van der Waals surface area contributed by atoms with Crippen LogP contribution in [0, 0.1) is 6.57 Å². The number of benzene rings is 2. The number of rotatable bonds is 3. The van der Waals surface area contributed by atoms with Crippen molar-refractivity contribution in [3.8, 4) is 0 Å². The van der Waals surface area contributed by atoms with Gasteiger partial charge in [-0.3, -0.25) is 4.79 Å². The summed E-state index contributed by atoms with van der Waals surface area (Å²) in [5.74, 6) is -0.0598. The molecule has 0 saturated carbocycles. The Balaban J connectivity index is 2.12. The van der Waals surface area contributed by atoms with Crippen LogP contribution in [0.2, 0.25) is 0 Å². The average Bonchev–Trinajstić information content (AvgIpc) is 2.46. The molecule has 86 valence electrons. The highest BCUT2D eigenvalue weighted by molar-refractivity contribution is 6.06. The molecular formula is C16H11NO. The molecule has 0 aromatic heterocycles. The van der Waals surface area contributed by atoms with E-state index in [1.54, 1.807) is 36.4 Å². The van der Waals surface area contributed by atoms with E-state index in [0.717, 1.165) is 5.56 Å². The molecule has 0 aliphatic heterocycles. The molecule has 0 bridgehead atoms. The number of ketones is 1. The molecule has 0 saturated heterocycles. The molecule has 2 nitrogen and oxygen atoms in total. The summed E-state index contributed by atoms with van der Waals surface area (Å²) in [7, 11) is 0. The van der Waals surface area contributed by atoms with E-state index in [4.69, 9.17) is 6.57 Å². The fourth-order valence-electron chi connectivity index (χ4n) is 1.53. The third kappa shape index (κ3) is 2.93. The summed E-state index contributed by atoms with van der Waals surface area (Å²) in [6.45, 7) is 6.84. The van der Waals surface area contributed by atoms with E-state index in [2.05, 4.69) is 4.85 Å². The summed E-state index contributed by atoms with van der Waals surface area (Å²) in [5.41, 5.74) is 2.12. The number of nitrogens with zero attached hydrogens (tertiary/aromatic N) is 1. The highest BCUT2D eigenvalue weighted by Gasteiger charge is 2.01. The maximum Gasteiger partial charge on any atom is 0.187 e. The molecule has 0 aliphatic rings. The lowest BCUT2D eigenvalue weighted by Gasteiger charge is -1.96. The summed E-state index contributed by atoms with van der Waals surface area (Å²) in [6.07, 6.45) is 3.33. The van der Waals surface area contributed by atoms with Gasteiger partial charge in [0, 0.05) is 5.56 Å². The molecule has 0 N–H and O–H groups in total. The zero-order valence-corrected chi connectivity index (χ0v) is 9.71. The van der Waals surface area contributed by atoms with E-state index >= 15 is 0 Å². The standard InChI is InChI=1S/C16H11NO/c1-17-15-10-8-14(9-11-15)16(18)12-7-13-5-3-2-4-6-13/h2-12H/b12-7+. The summed E-state index contributed by atoms with van der Waals surface area (Å²) >= 11 is 0. The molecule has 0 spiro atoms. The van der Waals surface area contributed by atoms with Crippen LogP contribution in [0.5, 0.6) is 0 Å². The number of hydrogen-bond donors (Lipinski definition) is 0. The molecule has 2 aromatic carbocycles. The van der Waals surface area contributed by atoms with Crippen LogP contribution in [0.25, 0.3) is 10.9 Å². The first-order valence-corrected chi connectivity index (χ1v) is 5.54. The first kappa shape index (κ1) is 11.8. The Morgan fingerprint density at radius 1 is 1.00 bits per heavy atom. The van der Waals surface area contributed by atoms with Crippen molar-refractivity contribution in [2.75, 3.05) is 0 Å². The van der Waals surface area contributed by atoms with Crippen LogP contribution >= 0.6 is 0 Å². The van der Waals surface area contributed by atoms with Crippen molar-refractivity contribution in [3.05, 3.63) is 83.2 Å². The van der Waals surface area contributed by atoms with Gasteiger partial charge in [0.2, 0.25) is 0 Å². The lowest BCUT2D eigenvalue weighted by Crippen LogP contribution is -1.92. The van der Waals surface area contributed by atoms with E-state index in [1.165, 1.54) is 0 Å². The number of carbonyl (C=O) groups excluding carboxylic acids is 1. The van der Waals surface area contributed by atoms with Crippen molar-refractivity contribution >= 4 is 17.5 Å². The van der Waals surface area contributed by atoms with E-state index in [1.807, 2.05) is 30.3 Å². The maximum atomic E-state index is 11.9. The van der Waals surface area contributed by atoms with Gasteiger partial charge in [-0.15, -0.1) is 0 Å².